The smallest absolute Gasteiger partial charge is 0.123 e. The molecule has 0 aliphatic heterocycles. The van der Waals surface area contributed by atoms with Crippen LogP contribution in [0.4, 0.5) is 0 Å². The second-order valence-electron chi connectivity index (χ2n) is 4.46. The van der Waals surface area contributed by atoms with Crippen LogP contribution in [-0.2, 0) is 11.3 Å². The van der Waals surface area contributed by atoms with Gasteiger partial charge in [0.2, 0.25) is 0 Å². The standard InChI is InChI=1S/C15H25NO2/c1-4-9-18-10-5-8-16-12-14-11-13(2)6-7-15(14)17-3/h6-7,11,16H,4-5,8-10,12H2,1-3H3. The number of rotatable bonds is 9. The van der Waals surface area contributed by atoms with Crippen LogP contribution in [0.25, 0.3) is 0 Å². The lowest BCUT2D eigenvalue weighted by Gasteiger charge is -2.10. The van der Waals surface area contributed by atoms with E-state index in [1.807, 2.05) is 6.07 Å². The fourth-order valence-corrected chi connectivity index (χ4v) is 1.81. The molecule has 3 nitrogen and oxygen atoms in total. The number of ether oxygens (including phenoxy) is 2. The van der Waals surface area contributed by atoms with Crippen molar-refractivity contribution in [1.29, 1.82) is 0 Å². The quantitative estimate of drug-likeness (QED) is 0.685. The van der Waals surface area contributed by atoms with Crippen molar-refractivity contribution >= 4 is 0 Å². The molecule has 0 fully saturated rings. The van der Waals surface area contributed by atoms with Gasteiger partial charge < -0.3 is 14.8 Å². The summed E-state index contributed by atoms with van der Waals surface area (Å²) in [5.74, 6) is 0.954. The molecular formula is C15H25NO2. The Kier molecular flexibility index (Phi) is 7.46. The van der Waals surface area contributed by atoms with E-state index in [0.717, 1.165) is 44.9 Å². The highest BCUT2D eigenvalue weighted by Gasteiger charge is 2.02. The molecule has 0 saturated heterocycles. The lowest BCUT2D eigenvalue weighted by Crippen LogP contribution is -2.17. The SMILES string of the molecule is CCCOCCCNCc1cc(C)ccc1OC. The zero-order valence-electron chi connectivity index (χ0n) is 11.8. The van der Waals surface area contributed by atoms with Crippen molar-refractivity contribution in [2.45, 2.75) is 33.2 Å². The van der Waals surface area contributed by atoms with Gasteiger partial charge in [-0.25, -0.2) is 0 Å². The van der Waals surface area contributed by atoms with Crippen molar-refractivity contribution in [2.24, 2.45) is 0 Å². The monoisotopic (exact) mass is 251 g/mol. The average molecular weight is 251 g/mol. The van der Waals surface area contributed by atoms with Crippen LogP contribution in [0, 0.1) is 6.92 Å². The zero-order chi connectivity index (χ0) is 13.2. The summed E-state index contributed by atoms with van der Waals surface area (Å²) in [5.41, 5.74) is 2.48. The molecule has 0 heterocycles. The summed E-state index contributed by atoms with van der Waals surface area (Å²) < 4.78 is 10.8. The molecule has 1 aromatic carbocycles. The third-order valence-corrected chi connectivity index (χ3v) is 2.74. The normalized spacial score (nSPS) is 10.6. The number of aryl methyl sites for hydroxylation is 1. The van der Waals surface area contributed by atoms with E-state index in [1.54, 1.807) is 7.11 Å². The Morgan fingerprint density at radius 1 is 1.22 bits per heavy atom. The molecule has 0 bridgehead atoms. The largest absolute Gasteiger partial charge is 0.496 e. The molecule has 3 heteroatoms. The van der Waals surface area contributed by atoms with Gasteiger partial charge >= 0.3 is 0 Å². The van der Waals surface area contributed by atoms with Crippen LogP contribution in [0.2, 0.25) is 0 Å². The van der Waals surface area contributed by atoms with E-state index >= 15 is 0 Å². The molecule has 0 saturated carbocycles. The second-order valence-corrected chi connectivity index (χ2v) is 4.46. The maximum Gasteiger partial charge on any atom is 0.123 e. The molecule has 0 aliphatic rings. The third-order valence-electron chi connectivity index (χ3n) is 2.74. The van der Waals surface area contributed by atoms with Gasteiger partial charge in [-0.15, -0.1) is 0 Å². The van der Waals surface area contributed by atoms with Gasteiger partial charge in [0.1, 0.15) is 5.75 Å². The maximum atomic E-state index is 5.43. The summed E-state index contributed by atoms with van der Waals surface area (Å²) in [6, 6.07) is 6.26. The van der Waals surface area contributed by atoms with Crippen molar-refractivity contribution in [3.05, 3.63) is 29.3 Å². The second kappa shape index (κ2) is 8.95. The van der Waals surface area contributed by atoms with Gasteiger partial charge in [0.15, 0.2) is 0 Å². The van der Waals surface area contributed by atoms with Gasteiger partial charge in [0.05, 0.1) is 7.11 Å². The highest BCUT2D eigenvalue weighted by Crippen LogP contribution is 2.19. The first-order chi connectivity index (χ1) is 8.77. The third kappa shape index (κ3) is 5.52. The first kappa shape index (κ1) is 15.0. The first-order valence-corrected chi connectivity index (χ1v) is 6.70. The molecule has 0 amide bonds. The average Bonchev–Trinajstić information content (AvgIpc) is 2.38. The van der Waals surface area contributed by atoms with Crippen molar-refractivity contribution in [3.8, 4) is 5.75 Å². The van der Waals surface area contributed by atoms with Crippen LogP contribution in [-0.4, -0.2) is 26.9 Å². The molecule has 0 aliphatic carbocycles. The topological polar surface area (TPSA) is 30.5 Å². The Labute approximate surface area is 110 Å². The highest BCUT2D eigenvalue weighted by atomic mass is 16.5. The number of nitrogens with one attached hydrogen (secondary N) is 1. The van der Waals surface area contributed by atoms with Crippen LogP contribution in [0.3, 0.4) is 0 Å². The molecule has 1 N–H and O–H groups in total. The number of benzene rings is 1. The van der Waals surface area contributed by atoms with E-state index < -0.39 is 0 Å². The molecule has 18 heavy (non-hydrogen) atoms. The summed E-state index contributed by atoms with van der Waals surface area (Å²) in [6.45, 7) is 7.75. The fraction of sp³-hybridized carbons (Fsp3) is 0.600. The molecule has 0 spiro atoms. The molecule has 0 unspecified atom stereocenters. The molecule has 1 aromatic rings. The Morgan fingerprint density at radius 2 is 2.06 bits per heavy atom. The van der Waals surface area contributed by atoms with Crippen molar-refractivity contribution in [2.75, 3.05) is 26.9 Å². The summed E-state index contributed by atoms with van der Waals surface area (Å²) in [5, 5.41) is 3.42. The Morgan fingerprint density at radius 3 is 2.78 bits per heavy atom. The maximum absolute atomic E-state index is 5.43. The van der Waals surface area contributed by atoms with Crippen molar-refractivity contribution < 1.29 is 9.47 Å². The number of hydrogen-bond donors (Lipinski definition) is 1. The summed E-state index contributed by atoms with van der Waals surface area (Å²) in [4.78, 5) is 0. The predicted molar refractivity (Wildman–Crippen MR) is 75.2 cm³/mol. The van der Waals surface area contributed by atoms with Gasteiger partial charge in [0.25, 0.3) is 0 Å². The van der Waals surface area contributed by atoms with E-state index in [4.69, 9.17) is 9.47 Å². The Balaban J connectivity index is 2.24. The van der Waals surface area contributed by atoms with Crippen molar-refractivity contribution in [1.82, 2.24) is 5.32 Å². The summed E-state index contributed by atoms with van der Waals surface area (Å²) in [7, 11) is 1.72. The van der Waals surface area contributed by atoms with Crippen LogP contribution in [0.1, 0.15) is 30.9 Å². The van der Waals surface area contributed by atoms with E-state index in [9.17, 15) is 0 Å². The molecular weight excluding hydrogens is 226 g/mol. The van der Waals surface area contributed by atoms with Gasteiger partial charge in [-0.1, -0.05) is 24.6 Å². The first-order valence-electron chi connectivity index (χ1n) is 6.70. The minimum atomic E-state index is 0.839. The van der Waals surface area contributed by atoms with Gasteiger partial charge in [-0.2, -0.15) is 0 Å². The number of methoxy groups -OCH3 is 1. The van der Waals surface area contributed by atoms with Crippen LogP contribution in [0.5, 0.6) is 5.75 Å². The van der Waals surface area contributed by atoms with Gasteiger partial charge in [0, 0.05) is 25.3 Å². The highest BCUT2D eigenvalue weighted by molar-refractivity contribution is 5.36. The predicted octanol–water partition coefficient (Wildman–Crippen LogP) is 2.91. The van der Waals surface area contributed by atoms with Crippen LogP contribution in [0.15, 0.2) is 18.2 Å². The number of hydrogen-bond acceptors (Lipinski definition) is 3. The molecule has 0 aromatic heterocycles. The summed E-state index contributed by atoms with van der Waals surface area (Å²) >= 11 is 0. The summed E-state index contributed by atoms with van der Waals surface area (Å²) in [6.07, 6.45) is 2.14. The Bertz CT molecular complexity index is 339. The fourth-order valence-electron chi connectivity index (χ4n) is 1.81. The van der Waals surface area contributed by atoms with E-state index in [0.29, 0.717) is 0 Å². The molecule has 1 rings (SSSR count). The molecule has 0 radical (unpaired) electrons. The van der Waals surface area contributed by atoms with E-state index in [1.165, 1.54) is 11.1 Å². The molecule has 0 atom stereocenters. The molecule has 102 valence electrons. The van der Waals surface area contributed by atoms with Crippen molar-refractivity contribution in [3.63, 3.8) is 0 Å². The lowest BCUT2D eigenvalue weighted by atomic mass is 10.1. The van der Waals surface area contributed by atoms with Gasteiger partial charge in [-0.05, 0) is 32.4 Å². The minimum Gasteiger partial charge on any atom is -0.496 e. The van der Waals surface area contributed by atoms with E-state index in [-0.39, 0.29) is 0 Å². The van der Waals surface area contributed by atoms with Crippen LogP contribution >= 0.6 is 0 Å². The lowest BCUT2D eigenvalue weighted by molar-refractivity contribution is 0.132. The minimum absolute atomic E-state index is 0.839. The van der Waals surface area contributed by atoms with E-state index in [2.05, 4.69) is 31.3 Å². The van der Waals surface area contributed by atoms with Gasteiger partial charge in [-0.3, -0.25) is 0 Å². The zero-order valence-corrected chi connectivity index (χ0v) is 11.8. The van der Waals surface area contributed by atoms with Crippen LogP contribution < -0.4 is 10.1 Å². The Hall–Kier alpha value is -1.06.